The van der Waals surface area contributed by atoms with Gasteiger partial charge in [-0.1, -0.05) is 18.2 Å². The van der Waals surface area contributed by atoms with Crippen LogP contribution in [0.2, 0.25) is 0 Å². The van der Waals surface area contributed by atoms with E-state index in [9.17, 15) is 18.3 Å². The summed E-state index contributed by atoms with van der Waals surface area (Å²) in [5.74, 6) is 1.04. The molecule has 2 unspecified atom stereocenters. The van der Waals surface area contributed by atoms with Crippen molar-refractivity contribution in [2.45, 2.75) is 31.6 Å². The third kappa shape index (κ3) is 3.04. The van der Waals surface area contributed by atoms with Crippen LogP contribution in [-0.2, 0) is 12.7 Å². The van der Waals surface area contributed by atoms with Gasteiger partial charge >= 0.3 is 6.18 Å². The van der Waals surface area contributed by atoms with Crippen LogP contribution in [0.5, 0.6) is 0 Å². The molecule has 0 radical (unpaired) electrons. The number of alkyl halides is 3. The predicted molar refractivity (Wildman–Crippen MR) is 82.4 cm³/mol. The Morgan fingerprint density at radius 2 is 1.96 bits per heavy atom. The molecule has 0 aliphatic carbocycles. The standard InChI is InChI=1S/C18H23F3NO/c1-2-14-11-22(8-7-15(14)9-17(22)12-23)10-13-3-5-16(6-4-13)18(19,20)21/h2-6,14-15,17,23H,1,7-12H2/q+1/t14-,15?,17+,22?/m0/s1. The van der Waals surface area contributed by atoms with Gasteiger partial charge in [-0.05, 0) is 18.1 Å². The van der Waals surface area contributed by atoms with Gasteiger partial charge in [0, 0.05) is 24.3 Å². The maximum atomic E-state index is 12.7. The first kappa shape index (κ1) is 16.5. The molecule has 5 heteroatoms. The van der Waals surface area contributed by atoms with Crippen molar-refractivity contribution in [1.82, 2.24) is 0 Å². The van der Waals surface area contributed by atoms with Gasteiger partial charge in [0.2, 0.25) is 0 Å². The number of hydrogen-bond acceptors (Lipinski definition) is 1. The van der Waals surface area contributed by atoms with E-state index in [4.69, 9.17) is 0 Å². The fourth-order valence-corrected chi connectivity index (χ4v) is 4.44. The number of benzene rings is 1. The van der Waals surface area contributed by atoms with Gasteiger partial charge in [-0.15, -0.1) is 6.58 Å². The Balaban J connectivity index is 1.83. The quantitative estimate of drug-likeness (QED) is 0.662. The average Bonchev–Trinajstić information content (AvgIpc) is 2.54. The van der Waals surface area contributed by atoms with Crippen molar-refractivity contribution in [3.05, 3.63) is 48.0 Å². The Morgan fingerprint density at radius 1 is 1.26 bits per heavy atom. The molecule has 3 aliphatic rings. The number of halogens is 3. The van der Waals surface area contributed by atoms with Gasteiger partial charge in [-0.2, -0.15) is 13.2 Å². The third-order valence-corrected chi connectivity index (χ3v) is 5.77. The molecule has 3 fully saturated rings. The molecular weight excluding hydrogens is 303 g/mol. The zero-order valence-corrected chi connectivity index (χ0v) is 13.1. The number of piperidine rings is 3. The van der Waals surface area contributed by atoms with E-state index in [-0.39, 0.29) is 12.6 Å². The second-order valence-corrected chi connectivity index (χ2v) is 7.00. The molecular formula is C18H23F3NO+. The zero-order valence-electron chi connectivity index (χ0n) is 13.1. The van der Waals surface area contributed by atoms with E-state index in [0.717, 1.165) is 48.1 Å². The molecule has 2 nitrogen and oxygen atoms in total. The summed E-state index contributed by atoms with van der Waals surface area (Å²) in [5, 5.41) is 9.78. The summed E-state index contributed by atoms with van der Waals surface area (Å²) in [4.78, 5) is 0. The normalized spacial score (nSPS) is 33.7. The summed E-state index contributed by atoms with van der Waals surface area (Å²) in [7, 11) is 0. The highest BCUT2D eigenvalue weighted by Gasteiger charge is 2.50. The lowest BCUT2D eigenvalue weighted by atomic mass is 9.73. The molecule has 3 aliphatic heterocycles. The van der Waals surface area contributed by atoms with Crippen LogP contribution in [0.15, 0.2) is 36.9 Å². The van der Waals surface area contributed by atoms with Crippen molar-refractivity contribution >= 4 is 0 Å². The van der Waals surface area contributed by atoms with Gasteiger partial charge < -0.3 is 9.59 Å². The van der Waals surface area contributed by atoms with E-state index in [0.29, 0.717) is 18.4 Å². The molecule has 4 atom stereocenters. The second-order valence-electron chi connectivity index (χ2n) is 7.00. The van der Waals surface area contributed by atoms with E-state index in [1.165, 1.54) is 0 Å². The summed E-state index contributed by atoms with van der Waals surface area (Å²) in [6.07, 6.45) is -0.199. The first-order valence-electron chi connectivity index (χ1n) is 8.13. The number of nitrogens with zero attached hydrogens (tertiary/aromatic N) is 1. The van der Waals surface area contributed by atoms with Crippen molar-refractivity contribution in [3.63, 3.8) is 0 Å². The molecule has 0 saturated carbocycles. The van der Waals surface area contributed by atoms with Gasteiger partial charge in [0.1, 0.15) is 12.6 Å². The fourth-order valence-electron chi connectivity index (χ4n) is 4.44. The highest BCUT2D eigenvalue weighted by atomic mass is 19.4. The largest absolute Gasteiger partial charge is 0.416 e. The Labute approximate surface area is 134 Å². The van der Waals surface area contributed by atoms with Crippen LogP contribution in [-0.4, -0.2) is 35.3 Å². The summed E-state index contributed by atoms with van der Waals surface area (Å²) in [6.45, 7) is 6.67. The summed E-state index contributed by atoms with van der Waals surface area (Å²) in [5.41, 5.74) is 0.292. The van der Waals surface area contributed by atoms with Crippen LogP contribution < -0.4 is 0 Å². The van der Waals surface area contributed by atoms with Crippen LogP contribution >= 0.6 is 0 Å². The molecule has 0 aromatic heterocycles. The molecule has 1 aromatic carbocycles. The highest BCUT2D eigenvalue weighted by Crippen LogP contribution is 2.43. The number of rotatable bonds is 4. The molecule has 3 saturated heterocycles. The minimum absolute atomic E-state index is 0.140. The van der Waals surface area contributed by atoms with Gasteiger partial charge in [0.05, 0.1) is 25.3 Å². The van der Waals surface area contributed by atoms with Crippen LogP contribution in [0.3, 0.4) is 0 Å². The van der Waals surface area contributed by atoms with Crippen LogP contribution in [0.4, 0.5) is 13.2 Å². The van der Waals surface area contributed by atoms with E-state index in [1.54, 1.807) is 12.1 Å². The lowest BCUT2D eigenvalue weighted by molar-refractivity contribution is -0.981. The van der Waals surface area contributed by atoms with Crippen LogP contribution in [0.1, 0.15) is 24.0 Å². The predicted octanol–water partition coefficient (Wildman–Crippen LogP) is 3.61. The minimum atomic E-state index is -4.30. The average molecular weight is 326 g/mol. The van der Waals surface area contributed by atoms with E-state index in [2.05, 4.69) is 6.58 Å². The molecule has 3 heterocycles. The smallest absolute Gasteiger partial charge is 0.390 e. The van der Waals surface area contributed by atoms with Gasteiger partial charge in [-0.25, -0.2) is 0 Å². The number of hydrogen-bond donors (Lipinski definition) is 1. The Kier molecular flexibility index (Phi) is 4.27. The highest BCUT2D eigenvalue weighted by molar-refractivity contribution is 5.24. The van der Waals surface area contributed by atoms with Crippen LogP contribution in [0, 0.1) is 11.8 Å². The molecule has 1 aromatic rings. The Hall–Kier alpha value is -1.33. The number of fused-ring (bicyclic) bond motifs is 3. The first-order valence-corrected chi connectivity index (χ1v) is 8.13. The summed E-state index contributed by atoms with van der Waals surface area (Å²) < 4.78 is 38.8. The SMILES string of the molecule is C=C[C@H]1C[N+]2(Cc3ccc(C(F)(F)F)cc3)CCC1C[C@@H]2CO. The number of aliphatic hydroxyl groups excluding tert-OH is 1. The van der Waals surface area contributed by atoms with Crippen LogP contribution in [0.25, 0.3) is 0 Å². The second kappa shape index (κ2) is 5.95. The molecule has 1 N–H and O–H groups in total. The fraction of sp³-hybridized carbons (Fsp3) is 0.556. The molecule has 0 spiro atoms. The Bertz CT molecular complexity index is 569. The third-order valence-electron chi connectivity index (χ3n) is 5.77. The monoisotopic (exact) mass is 326 g/mol. The van der Waals surface area contributed by atoms with Crippen molar-refractivity contribution < 1.29 is 22.8 Å². The first-order chi connectivity index (χ1) is 10.9. The molecule has 0 amide bonds. The van der Waals surface area contributed by atoms with Gasteiger partial charge in [-0.3, -0.25) is 0 Å². The van der Waals surface area contributed by atoms with Crippen molar-refractivity contribution in [2.75, 3.05) is 19.7 Å². The summed E-state index contributed by atoms with van der Waals surface area (Å²) in [6, 6.07) is 5.65. The van der Waals surface area contributed by atoms with Crippen molar-refractivity contribution in [1.29, 1.82) is 0 Å². The maximum absolute atomic E-state index is 12.7. The molecule has 4 rings (SSSR count). The lowest BCUT2D eigenvalue weighted by Gasteiger charge is -2.56. The van der Waals surface area contributed by atoms with E-state index in [1.807, 2.05) is 6.08 Å². The number of quaternary nitrogens is 1. The molecule has 126 valence electrons. The van der Waals surface area contributed by atoms with Crippen molar-refractivity contribution in [2.24, 2.45) is 11.8 Å². The number of aliphatic hydroxyl groups is 1. The van der Waals surface area contributed by atoms with Gasteiger partial charge in [0.25, 0.3) is 0 Å². The van der Waals surface area contributed by atoms with E-state index < -0.39 is 11.7 Å². The van der Waals surface area contributed by atoms with E-state index >= 15 is 0 Å². The minimum Gasteiger partial charge on any atom is -0.390 e. The maximum Gasteiger partial charge on any atom is 0.416 e. The van der Waals surface area contributed by atoms with Gasteiger partial charge in [0.15, 0.2) is 0 Å². The van der Waals surface area contributed by atoms with Crippen molar-refractivity contribution in [3.8, 4) is 0 Å². The zero-order chi connectivity index (χ0) is 16.7. The molecule has 2 bridgehead atoms. The lowest BCUT2D eigenvalue weighted by Crippen LogP contribution is -2.67. The topological polar surface area (TPSA) is 20.2 Å². The Morgan fingerprint density at radius 3 is 2.52 bits per heavy atom. The molecule has 23 heavy (non-hydrogen) atoms. The summed E-state index contributed by atoms with van der Waals surface area (Å²) >= 11 is 0.